The van der Waals surface area contributed by atoms with Crippen LogP contribution < -0.4 is 16.0 Å². The smallest absolute Gasteiger partial charge is 0.255 e. The van der Waals surface area contributed by atoms with Gasteiger partial charge in [-0.2, -0.15) is 0 Å². The first kappa shape index (κ1) is 23.8. The molecule has 1 aliphatic heterocycles. The lowest BCUT2D eigenvalue weighted by atomic mass is 10.0. The highest BCUT2D eigenvalue weighted by molar-refractivity contribution is 6.00. The van der Waals surface area contributed by atoms with E-state index < -0.39 is 17.7 Å². The summed E-state index contributed by atoms with van der Waals surface area (Å²) in [5.74, 6) is 0.592. The van der Waals surface area contributed by atoms with Crippen LogP contribution in [0.15, 0.2) is 42.7 Å². The van der Waals surface area contributed by atoms with E-state index in [1.165, 1.54) is 20.0 Å². The van der Waals surface area contributed by atoms with E-state index >= 15 is 0 Å². The number of rotatable bonds is 8. The average Bonchev–Trinajstić information content (AvgIpc) is 2.82. The average molecular weight is 469 g/mol. The van der Waals surface area contributed by atoms with Gasteiger partial charge in [-0.1, -0.05) is 0 Å². The number of amides is 1. The van der Waals surface area contributed by atoms with E-state index in [9.17, 15) is 14.3 Å². The predicted molar refractivity (Wildman–Crippen MR) is 128 cm³/mol. The second kappa shape index (κ2) is 10.3. The van der Waals surface area contributed by atoms with Crippen molar-refractivity contribution in [2.45, 2.75) is 44.5 Å². The van der Waals surface area contributed by atoms with Gasteiger partial charge in [0.1, 0.15) is 17.8 Å². The van der Waals surface area contributed by atoms with Gasteiger partial charge in [0.15, 0.2) is 0 Å². The number of aromatic nitrogens is 3. The number of aliphatic hydroxyl groups is 1. The number of anilines is 3. The van der Waals surface area contributed by atoms with Crippen molar-refractivity contribution in [2.24, 2.45) is 0 Å². The summed E-state index contributed by atoms with van der Waals surface area (Å²) in [5.41, 5.74) is 0.794. The minimum atomic E-state index is -1.61. The number of fused-ring (bicyclic) bond motifs is 1. The van der Waals surface area contributed by atoms with Crippen LogP contribution in [0.3, 0.4) is 0 Å². The second-order valence-electron chi connectivity index (χ2n) is 8.87. The molecule has 4 rings (SSSR count). The zero-order valence-corrected chi connectivity index (χ0v) is 19.2. The molecule has 3 aromatic rings. The molecule has 1 aliphatic rings. The Morgan fingerprint density at radius 2 is 2.12 bits per heavy atom. The van der Waals surface area contributed by atoms with E-state index in [1.54, 1.807) is 18.3 Å². The minimum absolute atomic E-state index is 0.0331. The van der Waals surface area contributed by atoms with Crippen LogP contribution in [0.1, 0.15) is 37.0 Å². The molecule has 0 saturated carbocycles. The number of carbonyl (C=O) groups is 1. The van der Waals surface area contributed by atoms with Crippen LogP contribution in [0.4, 0.5) is 21.7 Å². The molecule has 2 atom stereocenters. The van der Waals surface area contributed by atoms with Crippen molar-refractivity contribution < 1.29 is 19.0 Å². The molecule has 0 spiro atoms. The van der Waals surface area contributed by atoms with Gasteiger partial charge in [0.25, 0.3) is 5.91 Å². The van der Waals surface area contributed by atoms with Crippen LogP contribution in [0, 0.1) is 0 Å². The minimum Gasteiger partial charge on any atom is -0.387 e. The number of nitrogens with zero attached hydrogens (tertiary/aromatic N) is 3. The molecule has 10 heteroatoms. The molecule has 0 radical (unpaired) electrons. The predicted octanol–water partition coefficient (Wildman–Crippen LogP) is 3.20. The maximum Gasteiger partial charge on any atom is 0.255 e. The monoisotopic (exact) mass is 468 g/mol. The summed E-state index contributed by atoms with van der Waals surface area (Å²) in [6, 6.07) is 9.11. The number of carbonyl (C=O) groups excluding carboxylic acids is 1. The maximum absolute atomic E-state index is 14.1. The first-order valence-electron chi connectivity index (χ1n) is 11.3. The highest BCUT2D eigenvalue weighted by Crippen LogP contribution is 2.24. The normalized spacial score (nSPS) is 17.2. The van der Waals surface area contributed by atoms with Gasteiger partial charge in [-0.25, -0.2) is 14.4 Å². The molecule has 4 N–H and O–H groups in total. The van der Waals surface area contributed by atoms with Crippen LogP contribution in [-0.2, 0) is 4.74 Å². The van der Waals surface area contributed by atoms with Crippen LogP contribution in [0.5, 0.6) is 0 Å². The van der Waals surface area contributed by atoms with Crippen molar-refractivity contribution in [2.75, 3.05) is 30.4 Å². The number of nitrogens with one attached hydrogen (secondary N) is 3. The molecular formula is C24H29FN6O3. The zero-order valence-electron chi connectivity index (χ0n) is 19.2. The maximum atomic E-state index is 14.1. The standard InChI is InChI=1S/C24H29FN6O3/c1-24(2,33)20(25)13-28-23(32)16-12-27-22(11-19(16)29-15-5-4-10-34-14-15)31-21-8-7-17-18(30-21)6-3-9-26-17/h3,6-9,11-12,15,20,33H,4-5,10,13-14H2,1-2H3,(H,28,32)(H2,27,29,30,31). The number of halogens is 1. The van der Waals surface area contributed by atoms with Crippen molar-refractivity contribution in [1.29, 1.82) is 0 Å². The molecular weight excluding hydrogens is 439 g/mol. The van der Waals surface area contributed by atoms with Crippen molar-refractivity contribution in [3.63, 3.8) is 0 Å². The Bertz CT molecular complexity index is 1150. The summed E-state index contributed by atoms with van der Waals surface area (Å²) in [5, 5.41) is 18.9. The molecule has 3 aromatic heterocycles. The zero-order chi connectivity index (χ0) is 24.1. The largest absolute Gasteiger partial charge is 0.387 e. The molecule has 34 heavy (non-hydrogen) atoms. The number of pyridine rings is 3. The molecule has 1 saturated heterocycles. The van der Waals surface area contributed by atoms with Crippen LogP contribution in [0.25, 0.3) is 11.0 Å². The molecule has 1 fully saturated rings. The molecule has 2 unspecified atom stereocenters. The third-order valence-corrected chi connectivity index (χ3v) is 5.59. The van der Waals surface area contributed by atoms with E-state index in [1.807, 2.05) is 18.2 Å². The first-order chi connectivity index (χ1) is 16.3. The molecule has 0 aromatic carbocycles. The summed E-state index contributed by atoms with van der Waals surface area (Å²) in [6.07, 6.45) is 3.35. The molecule has 0 bridgehead atoms. The van der Waals surface area contributed by atoms with Crippen molar-refractivity contribution in [1.82, 2.24) is 20.3 Å². The summed E-state index contributed by atoms with van der Waals surface area (Å²) in [7, 11) is 0. The van der Waals surface area contributed by atoms with Crippen LogP contribution in [-0.4, -0.2) is 63.5 Å². The van der Waals surface area contributed by atoms with E-state index in [4.69, 9.17) is 4.74 Å². The van der Waals surface area contributed by atoms with Gasteiger partial charge in [0.05, 0.1) is 41.0 Å². The van der Waals surface area contributed by atoms with E-state index in [0.717, 1.165) is 23.9 Å². The fourth-order valence-corrected chi connectivity index (χ4v) is 3.58. The van der Waals surface area contributed by atoms with Crippen molar-refractivity contribution in [3.8, 4) is 0 Å². The lowest BCUT2D eigenvalue weighted by Crippen LogP contribution is -2.42. The Hall–Kier alpha value is -3.37. The number of hydrogen-bond donors (Lipinski definition) is 4. The van der Waals surface area contributed by atoms with E-state index in [-0.39, 0.29) is 18.2 Å². The van der Waals surface area contributed by atoms with Gasteiger partial charge in [-0.05, 0) is 51.0 Å². The van der Waals surface area contributed by atoms with Crippen LogP contribution in [0.2, 0.25) is 0 Å². The Morgan fingerprint density at radius 3 is 2.88 bits per heavy atom. The SMILES string of the molecule is CC(C)(O)C(F)CNC(=O)c1cnc(Nc2ccc3ncccc3n2)cc1NC1CCCOC1. The van der Waals surface area contributed by atoms with Gasteiger partial charge in [0.2, 0.25) is 0 Å². The number of ether oxygens (including phenoxy) is 1. The van der Waals surface area contributed by atoms with Gasteiger partial charge < -0.3 is 25.8 Å². The first-order valence-corrected chi connectivity index (χ1v) is 11.3. The second-order valence-corrected chi connectivity index (χ2v) is 8.87. The molecule has 0 aliphatic carbocycles. The number of hydrogen-bond acceptors (Lipinski definition) is 8. The van der Waals surface area contributed by atoms with E-state index in [2.05, 4.69) is 30.9 Å². The number of alkyl halides is 1. The highest BCUT2D eigenvalue weighted by Gasteiger charge is 2.27. The molecule has 9 nitrogen and oxygen atoms in total. The Kier molecular flexibility index (Phi) is 7.18. The fraction of sp³-hybridized carbons (Fsp3) is 0.417. The summed E-state index contributed by atoms with van der Waals surface area (Å²) >= 11 is 0. The highest BCUT2D eigenvalue weighted by atomic mass is 19.1. The lowest BCUT2D eigenvalue weighted by molar-refractivity contribution is -0.00177. The Labute approximate surface area is 197 Å². The topological polar surface area (TPSA) is 121 Å². The Balaban J connectivity index is 1.55. The third-order valence-electron chi connectivity index (χ3n) is 5.59. The summed E-state index contributed by atoms with van der Waals surface area (Å²) in [6.45, 7) is 3.64. The van der Waals surface area contributed by atoms with Gasteiger partial charge in [-0.15, -0.1) is 0 Å². The molecule has 1 amide bonds. The van der Waals surface area contributed by atoms with Gasteiger partial charge >= 0.3 is 0 Å². The van der Waals surface area contributed by atoms with Crippen molar-refractivity contribution >= 4 is 34.3 Å². The van der Waals surface area contributed by atoms with Gasteiger partial charge in [-0.3, -0.25) is 9.78 Å². The summed E-state index contributed by atoms with van der Waals surface area (Å²) < 4.78 is 19.7. The van der Waals surface area contributed by atoms with Gasteiger partial charge in [0, 0.05) is 31.1 Å². The quantitative estimate of drug-likeness (QED) is 0.398. The third kappa shape index (κ3) is 5.95. The summed E-state index contributed by atoms with van der Waals surface area (Å²) in [4.78, 5) is 26.0. The Morgan fingerprint density at radius 1 is 1.26 bits per heavy atom. The fourth-order valence-electron chi connectivity index (χ4n) is 3.58. The molecule has 4 heterocycles. The lowest BCUT2D eigenvalue weighted by Gasteiger charge is -2.26. The van der Waals surface area contributed by atoms with Crippen LogP contribution >= 0.6 is 0 Å². The molecule has 180 valence electrons. The van der Waals surface area contributed by atoms with E-state index in [0.29, 0.717) is 30.5 Å². The van der Waals surface area contributed by atoms with Crippen molar-refractivity contribution in [3.05, 3.63) is 48.3 Å².